The summed E-state index contributed by atoms with van der Waals surface area (Å²) in [6, 6.07) is 2.82. The van der Waals surface area contributed by atoms with Gasteiger partial charge in [0.15, 0.2) is 0 Å². The molecule has 0 atom stereocenters. The van der Waals surface area contributed by atoms with Crippen molar-refractivity contribution in [1.82, 2.24) is 4.31 Å². The Morgan fingerprint density at radius 1 is 1.33 bits per heavy atom. The van der Waals surface area contributed by atoms with Gasteiger partial charge in [-0.05, 0) is 12.1 Å². The number of aliphatic hydroxyl groups excluding tert-OH is 1. The van der Waals surface area contributed by atoms with Gasteiger partial charge in [-0.2, -0.15) is 4.31 Å². The number of sulfonamides is 1. The average molecular weight is 233 g/mol. The van der Waals surface area contributed by atoms with E-state index in [0.29, 0.717) is 13.1 Å². The zero-order chi connectivity index (χ0) is 11.5. The Bertz CT molecular complexity index is 406. The lowest BCUT2D eigenvalue weighted by Crippen LogP contribution is -2.30. The maximum atomic E-state index is 11.9. The van der Waals surface area contributed by atoms with Crippen LogP contribution < -0.4 is 0 Å². The molecule has 0 aromatic carbocycles. The zero-order valence-corrected chi connectivity index (χ0v) is 9.62. The number of hydrogen-bond donors (Lipinski definition) is 1. The third kappa shape index (κ3) is 2.39. The molecule has 0 radical (unpaired) electrons. The summed E-state index contributed by atoms with van der Waals surface area (Å²) >= 11 is 0. The van der Waals surface area contributed by atoms with Crippen molar-refractivity contribution in [3.63, 3.8) is 0 Å². The largest absolute Gasteiger partial charge is 0.446 e. The van der Waals surface area contributed by atoms with Gasteiger partial charge in [-0.3, -0.25) is 0 Å². The van der Waals surface area contributed by atoms with E-state index in [2.05, 4.69) is 0 Å². The molecule has 86 valence electrons. The fourth-order valence-electron chi connectivity index (χ4n) is 1.27. The molecule has 0 bridgehead atoms. The number of hydrogen-bond acceptors (Lipinski definition) is 4. The SMILES string of the molecule is CCN(CC)S(=O)(=O)c1ccc(CO)o1. The van der Waals surface area contributed by atoms with E-state index in [0.717, 1.165) is 0 Å². The van der Waals surface area contributed by atoms with Gasteiger partial charge in [0.25, 0.3) is 10.0 Å². The van der Waals surface area contributed by atoms with E-state index in [9.17, 15) is 8.42 Å². The topological polar surface area (TPSA) is 70.8 Å². The summed E-state index contributed by atoms with van der Waals surface area (Å²) in [6.07, 6.45) is 0. The molecule has 0 saturated heterocycles. The van der Waals surface area contributed by atoms with Crippen molar-refractivity contribution in [3.8, 4) is 0 Å². The minimum Gasteiger partial charge on any atom is -0.446 e. The number of rotatable bonds is 5. The minimum atomic E-state index is -3.53. The van der Waals surface area contributed by atoms with Crippen LogP contribution in [0.25, 0.3) is 0 Å². The first-order valence-corrected chi connectivity index (χ1v) is 6.20. The summed E-state index contributed by atoms with van der Waals surface area (Å²) in [5, 5.41) is 8.65. The summed E-state index contributed by atoms with van der Waals surface area (Å²) in [5.41, 5.74) is 0. The normalized spacial score (nSPS) is 12.3. The second-order valence-electron chi connectivity index (χ2n) is 2.97. The van der Waals surface area contributed by atoms with E-state index in [1.807, 2.05) is 0 Å². The monoisotopic (exact) mass is 233 g/mol. The Kier molecular flexibility index (Phi) is 3.90. The molecule has 0 unspecified atom stereocenters. The zero-order valence-electron chi connectivity index (χ0n) is 8.80. The second-order valence-corrected chi connectivity index (χ2v) is 4.84. The summed E-state index contributed by atoms with van der Waals surface area (Å²) in [7, 11) is -3.53. The van der Waals surface area contributed by atoms with Gasteiger partial charge in [-0.25, -0.2) is 8.42 Å². The highest BCUT2D eigenvalue weighted by molar-refractivity contribution is 7.89. The third-order valence-corrected chi connectivity index (χ3v) is 4.02. The number of furan rings is 1. The Morgan fingerprint density at radius 3 is 2.33 bits per heavy atom. The first-order valence-electron chi connectivity index (χ1n) is 4.76. The van der Waals surface area contributed by atoms with E-state index >= 15 is 0 Å². The molecule has 0 fully saturated rings. The number of aliphatic hydroxyl groups is 1. The van der Waals surface area contributed by atoms with Crippen molar-refractivity contribution in [2.45, 2.75) is 25.5 Å². The van der Waals surface area contributed by atoms with Crippen molar-refractivity contribution in [2.75, 3.05) is 13.1 Å². The maximum Gasteiger partial charge on any atom is 0.276 e. The van der Waals surface area contributed by atoms with E-state index in [1.165, 1.54) is 16.4 Å². The summed E-state index contributed by atoms with van der Waals surface area (Å²) in [6.45, 7) is 4.02. The molecule has 0 saturated carbocycles. The van der Waals surface area contributed by atoms with E-state index in [1.54, 1.807) is 13.8 Å². The van der Waals surface area contributed by atoms with Crippen LogP contribution in [0.3, 0.4) is 0 Å². The molecule has 0 aliphatic carbocycles. The van der Waals surface area contributed by atoms with E-state index < -0.39 is 10.0 Å². The van der Waals surface area contributed by atoms with Crippen molar-refractivity contribution in [3.05, 3.63) is 17.9 Å². The molecule has 1 heterocycles. The Labute approximate surface area is 89.4 Å². The van der Waals surface area contributed by atoms with Crippen LogP contribution in [0, 0.1) is 0 Å². The van der Waals surface area contributed by atoms with Gasteiger partial charge in [0.1, 0.15) is 12.4 Å². The fourth-order valence-corrected chi connectivity index (χ4v) is 2.66. The molecular weight excluding hydrogens is 218 g/mol. The van der Waals surface area contributed by atoms with Gasteiger partial charge in [0.2, 0.25) is 5.09 Å². The van der Waals surface area contributed by atoms with Crippen LogP contribution in [0.1, 0.15) is 19.6 Å². The molecule has 0 aliphatic heterocycles. The van der Waals surface area contributed by atoms with Gasteiger partial charge in [0.05, 0.1) is 0 Å². The molecule has 1 aromatic rings. The first-order chi connectivity index (χ1) is 7.06. The summed E-state index contributed by atoms with van der Waals surface area (Å²) in [4.78, 5) is 0. The average Bonchev–Trinajstić information content (AvgIpc) is 2.67. The molecule has 0 amide bonds. The smallest absolute Gasteiger partial charge is 0.276 e. The van der Waals surface area contributed by atoms with Crippen molar-refractivity contribution >= 4 is 10.0 Å². The van der Waals surface area contributed by atoms with Gasteiger partial charge in [-0.15, -0.1) is 0 Å². The van der Waals surface area contributed by atoms with E-state index in [4.69, 9.17) is 9.52 Å². The van der Waals surface area contributed by atoms with Crippen LogP contribution in [0.5, 0.6) is 0 Å². The standard InChI is InChI=1S/C9H15NO4S/c1-3-10(4-2)15(12,13)9-6-5-8(7-11)14-9/h5-6,11H,3-4,7H2,1-2H3. The van der Waals surface area contributed by atoms with Crippen LogP contribution >= 0.6 is 0 Å². The van der Waals surface area contributed by atoms with Crippen LogP contribution in [0.2, 0.25) is 0 Å². The predicted molar refractivity (Wildman–Crippen MR) is 54.7 cm³/mol. The van der Waals surface area contributed by atoms with E-state index in [-0.39, 0.29) is 17.5 Å². The second kappa shape index (κ2) is 4.78. The maximum absolute atomic E-state index is 11.9. The van der Waals surface area contributed by atoms with Crippen molar-refractivity contribution in [1.29, 1.82) is 0 Å². The minimum absolute atomic E-state index is 0.116. The van der Waals surface area contributed by atoms with Gasteiger partial charge in [0, 0.05) is 13.1 Å². The highest BCUT2D eigenvalue weighted by Crippen LogP contribution is 2.18. The molecule has 5 nitrogen and oxygen atoms in total. The fraction of sp³-hybridized carbons (Fsp3) is 0.556. The number of nitrogens with zero attached hydrogens (tertiary/aromatic N) is 1. The lowest BCUT2D eigenvalue weighted by molar-refractivity contribution is 0.235. The lowest BCUT2D eigenvalue weighted by atomic mass is 10.5. The molecule has 1 rings (SSSR count). The van der Waals surface area contributed by atoms with Crippen molar-refractivity contribution in [2.24, 2.45) is 0 Å². The van der Waals surface area contributed by atoms with Crippen LogP contribution in [-0.2, 0) is 16.6 Å². The van der Waals surface area contributed by atoms with Gasteiger partial charge < -0.3 is 9.52 Å². The highest BCUT2D eigenvalue weighted by atomic mass is 32.2. The lowest BCUT2D eigenvalue weighted by Gasteiger charge is -2.16. The predicted octanol–water partition coefficient (Wildman–Crippen LogP) is 0.802. The van der Waals surface area contributed by atoms with Crippen molar-refractivity contribution < 1.29 is 17.9 Å². The Balaban J connectivity index is 3.04. The molecule has 0 spiro atoms. The van der Waals surface area contributed by atoms with Gasteiger partial charge >= 0.3 is 0 Å². The quantitative estimate of drug-likeness (QED) is 0.816. The highest BCUT2D eigenvalue weighted by Gasteiger charge is 2.24. The molecule has 15 heavy (non-hydrogen) atoms. The molecule has 1 aromatic heterocycles. The summed E-state index contributed by atoms with van der Waals surface area (Å²) in [5.74, 6) is 0.251. The molecule has 1 N–H and O–H groups in total. The molecular formula is C9H15NO4S. The van der Waals surface area contributed by atoms with Crippen LogP contribution in [0.15, 0.2) is 21.6 Å². The summed E-state index contributed by atoms with van der Waals surface area (Å²) < 4.78 is 30.0. The van der Waals surface area contributed by atoms with Crippen LogP contribution in [-0.4, -0.2) is 30.9 Å². The molecule has 0 aliphatic rings. The van der Waals surface area contributed by atoms with Gasteiger partial charge in [-0.1, -0.05) is 13.8 Å². The third-order valence-electron chi connectivity index (χ3n) is 2.09. The Hall–Kier alpha value is -0.850. The molecule has 6 heteroatoms. The first kappa shape index (κ1) is 12.2. The Morgan fingerprint density at radius 2 is 1.93 bits per heavy atom. The van der Waals surface area contributed by atoms with Crippen LogP contribution in [0.4, 0.5) is 0 Å².